The summed E-state index contributed by atoms with van der Waals surface area (Å²) in [7, 11) is 0. The smallest absolute Gasteiger partial charge is 0.212 e. The van der Waals surface area contributed by atoms with Crippen molar-refractivity contribution >= 4 is 93.2 Å². The van der Waals surface area contributed by atoms with Gasteiger partial charge < -0.3 is 18.0 Å². The average Bonchev–Trinajstić information content (AvgIpc) is 1.66. The van der Waals surface area contributed by atoms with E-state index in [0.29, 0.717) is 28.5 Å². The Balaban J connectivity index is 0.000000155. The highest BCUT2D eigenvalue weighted by molar-refractivity contribution is 6.12. The van der Waals surface area contributed by atoms with Gasteiger partial charge >= 0.3 is 0 Å². The monoisotopic (exact) mass is 1170 g/mol. The summed E-state index contributed by atoms with van der Waals surface area (Å²) in [5, 5.41) is 19.2. The van der Waals surface area contributed by atoms with Crippen molar-refractivity contribution in [3.05, 3.63) is 320 Å². The predicted octanol–water partition coefficient (Wildman–Crippen LogP) is 22.6. The molecule has 428 valence electrons. The lowest BCUT2D eigenvalue weighted by Gasteiger charge is -2.15. The maximum Gasteiger partial charge on any atom is 0.212 e. The predicted molar refractivity (Wildman–Crippen MR) is 375 cm³/mol. The molecule has 0 bridgehead atoms. The fraction of sp³-hybridized carbons (Fsp3) is 0. The molecular weight excluding hydrogens is 1120 g/mol. The first-order valence-electron chi connectivity index (χ1n) is 30.5. The number of aromatic nitrogens is 4. The van der Waals surface area contributed by atoms with Gasteiger partial charge in [0.15, 0.2) is 5.82 Å². The molecule has 5 heterocycles. The van der Waals surface area contributed by atoms with Gasteiger partial charge in [-0.2, -0.15) is 5.26 Å². The molecule has 0 saturated heterocycles. The highest BCUT2D eigenvalue weighted by Crippen LogP contribution is 2.43. The van der Waals surface area contributed by atoms with Crippen molar-refractivity contribution in [2.24, 2.45) is 0 Å². The van der Waals surface area contributed by atoms with E-state index in [2.05, 4.69) is 214 Å². The molecule has 18 aromatic rings. The first-order chi connectivity index (χ1) is 45.5. The largest absolute Gasteiger partial charge is 0.456 e. The van der Waals surface area contributed by atoms with Gasteiger partial charge in [0, 0.05) is 59.8 Å². The highest BCUT2D eigenvalue weighted by atomic mass is 16.3. The molecule has 0 N–H and O–H groups in total. The molecule has 8 heteroatoms. The molecule has 0 aliphatic rings. The second kappa shape index (κ2) is 22.1. The van der Waals surface area contributed by atoms with Gasteiger partial charge in [-0.1, -0.05) is 206 Å². The van der Waals surface area contributed by atoms with Gasteiger partial charge in [0.1, 0.15) is 28.4 Å². The van der Waals surface area contributed by atoms with Gasteiger partial charge in [-0.05, 0) is 130 Å². The van der Waals surface area contributed by atoms with Gasteiger partial charge in [-0.25, -0.2) is 14.8 Å². The van der Waals surface area contributed by atoms with Crippen LogP contribution in [-0.2, 0) is 0 Å². The van der Waals surface area contributed by atoms with E-state index >= 15 is 0 Å². The van der Waals surface area contributed by atoms with Crippen LogP contribution >= 0.6 is 0 Å². The van der Waals surface area contributed by atoms with Crippen LogP contribution in [0.3, 0.4) is 0 Å². The quantitative estimate of drug-likeness (QED) is 0.141. The lowest BCUT2D eigenvalue weighted by Crippen LogP contribution is -2.01. The number of hydrogen-bond acceptors (Lipinski definition) is 5. The summed E-state index contributed by atoms with van der Waals surface area (Å²) in [6.07, 6.45) is 0. The number of benzene rings is 13. The maximum absolute atomic E-state index is 10.3. The van der Waals surface area contributed by atoms with Gasteiger partial charge in [-0.15, -0.1) is 0 Å². The Morgan fingerprint density at radius 2 is 0.685 bits per heavy atom. The van der Waals surface area contributed by atoms with Crippen molar-refractivity contribution in [1.29, 1.82) is 5.26 Å². The lowest BCUT2D eigenvalue weighted by atomic mass is 9.93. The zero-order valence-electron chi connectivity index (χ0n) is 49.4. The van der Waals surface area contributed by atoms with Gasteiger partial charge in [0.05, 0.1) is 57.0 Å². The molecule has 0 unspecified atom stereocenters. The zero-order valence-corrected chi connectivity index (χ0v) is 49.4. The Hall–Kier alpha value is -12.9. The van der Waals surface area contributed by atoms with Crippen molar-refractivity contribution in [1.82, 2.24) is 19.1 Å². The summed E-state index contributed by atoms with van der Waals surface area (Å²) >= 11 is 0. The van der Waals surface area contributed by atoms with E-state index in [-0.39, 0.29) is 0 Å². The third kappa shape index (κ3) is 9.14. The van der Waals surface area contributed by atoms with Crippen molar-refractivity contribution in [2.45, 2.75) is 0 Å². The SMILES string of the molecule is [C-]#[N+]c1cc(-n2c3ccccc3c3ccccc32)c(C#N)cc1-n1c2ccccc2c2ccccc21.c1ccc(-c2ccc(-c3cc(-c4cc(-c5ccc6oc7ccccc7c6c5)cc(-c5ccc6oc7ccccc7c6c5)c4)nc(-c4ccccc4)n3)cc2)cc1. The summed E-state index contributed by atoms with van der Waals surface area (Å²) in [6.45, 7) is 8.10. The molecule has 0 saturated carbocycles. The van der Waals surface area contributed by atoms with Crippen LogP contribution in [0.4, 0.5) is 5.69 Å². The standard InChI is InChI=1S/C52H32N2O2.C32H18N4/c1-3-11-33(12-4-1)34-19-21-35(22-20-34)46-32-47(54-52(53-46)36-13-5-2-6-14-36)41-28-39(37-23-25-50-44(30-37)42-15-7-9-17-48(42)55-50)27-40(29-41)38-24-26-51-45(31-38)43-16-8-10-18-49(43)56-51;1-34-26-19-31(35-27-14-6-2-10-22(27)23-11-3-7-15-28(23)35)21(20-33)18-32(26)36-29-16-8-4-12-24(29)25-13-5-9-17-30(25)36/h1-32H;2-19H. The molecule has 5 aromatic heterocycles. The third-order valence-corrected chi connectivity index (χ3v) is 17.7. The molecule has 92 heavy (non-hydrogen) atoms. The number of nitriles is 1. The minimum Gasteiger partial charge on any atom is -0.456 e. The van der Waals surface area contributed by atoms with Gasteiger partial charge in [0.2, 0.25) is 5.69 Å². The molecule has 0 spiro atoms. The number of furan rings is 2. The second-order valence-electron chi connectivity index (χ2n) is 23.0. The van der Waals surface area contributed by atoms with Crippen molar-refractivity contribution < 1.29 is 8.83 Å². The van der Waals surface area contributed by atoms with E-state index in [1.807, 2.05) is 109 Å². The number of rotatable bonds is 8. The maximum atomic E-state index is 10.3. The topological polar surface area (TPSA) is 90.1 Å². The fourth-order valence-electron chi connectivity index (χ4n) is 13.3. The van der Waals surface area contributed by atoms with Crippen molar-refractivity contribution in [3.8, 4) is 84.7 Å². The van der Waals surface area contributed by atoms with E-state index in [9.17, 15) is 5.26 Å². The van der Waals surface area contributed by atoms with Crippen LogP contribution in [-0.4, -0.2) is 19.1 Å². The molecule has 0 aliphatic carbocycles. The van der Waals surface area contributed by atoms with Crippen LogP contribution in [0, 0.1) is 17.9 Å². The summed E-state index contributed by atoms with van der Waals surface area (Å²) in [4.78, 5) is 14.4. The highest BCUT2D eigenvalue weighted by Gasteiger charge is 2.22. The molecule has 0 amide bonds. The minimum absolute atomic E-state index is 0.498. The van der Waals surface area contributed by atoms with E-state index in [4.69, 9.17) is 25.4 Å². The second-order valence-corrected chi connectivity index (χ2v) is 23.0. The van der Waals surface area contributed by atoms with Crippen LogP contribution in [0.25, 0.3) is 171 Å². The number of fused-ring (bicyclic) bond motifs is 12. The Kier molecular flexibility index (Phi) is 12.8. The van der Waals surface area contributed by atoms with E-state index < -0.39 is 0 Å². The molecule has 8 nitrogen and oxygen atoms in total. The molecule has 13 aromatic carbocycles. The molecule has 0 radical (unpaired) electrons. The Morgan fingerprint density at radius 1 is 0.304 bits per heavy atom. The first-order valence-corrected chi connectivity index (χ1v) is 30.5. The fourth-order valence-corrected chi connectivity index (χ4v) is 13.3. The summed E-state index contributed by atoms with van der Waals surface area (Å²) in [6, 6.07) is 107. The summed E-state index contributed by atoms with van der Waals surface area (Å²) < 4.78 is 16.6. The van der Waals surface area contributed by atoms with Crippen LogP contribution in [0.1, 0.15) is 5.56 Å². The van der Waals surface area contributed by atoms with Crippen molar-refractivity contribution in [3.63, 3.8) is 0 Å². The minimum atomic E-state index is 0.498. The zero-order chi connectivity index (χ0) is 61.2. The molecule has 0 aliphatic heterocycles. The van der Waals surface area contributed by atoms with Crippen LogP contribution in [0.15, 0.2) is 312 Å². The van der Waals surface area contributed by atoms with Gasteiger partial charge in [0.25, 0.3) is 0 Å². The number of para-hydroxylation sites is 6. The Morgan fingerprint density at radius 3 is 1.17 bits per heavy atom. The normalized spacial score (nSPS) is 11.5. The first kappa shape index (κ1) is 53.4. The molecule has 18 rings (SSSR count). The molecule has 0 atom stereocenters. The molecule has 0 fully saturated rings. The van der Waals surface area contributed by atoms with E-state index in [0.717, 1.165) is 143 Å². The van der Waals surface area contributed by atoms with E-state index in [1.54, 1.807) is 0 Å². The lowest BCUT2D eigenvalue weighted by molar-refractivity contribution is 0.668. The summed E-state index contributed by atoms with van der Waals surface area (Å²) in [5.41, 5.74) is 21.4. The Labute approximate surface area is 528 Å². The third-order valence-electron chi connectivity index (χ3n) is 17.7. The van der Waals surface area contributed by atoms with Gasteiger partial charge in [-0.3, -0.25) is 0 Å². The van der Waals surface area contributed by atoms with Crippen LogP contribution < -0.4 is 0 Å². The molecular formula is C84H50N6O2. The number of nitrogens with zero attached hydrogens (tertiary/aromatic N) is 6. The number of hydrogen-bond donors (Lipinski definition) is 0. The van der Waals surface area contributed by atoms with Crippen LogP contribution in [0.2, 0.25) is 0 Å². The summed E-state index contributed by atoms with van der Waals surface area (Å²) in [5.74, 6) is 0.676. The Bertz CT molecular complexity index is 5650. The van der Waals surface area contributed by atoms with Crippen molar-refractivity contribution in [2.75, 3.05) is 0 Å². The average molecular weight is 1180 g/mol. The van der Waals surface area contributed by atoms with Crippen LogP contribution in [0.5, 0.6) is 0 Å². The van der Waals surface area contributed by atoms with E-state index in [1.165, 1.54) is 5.56 Å².